The van der Waals surface area contributed by atoms with E-state index in [1.54, 1.807) is 0 Å². The predicted molar refractivity (Wildman–Crippen MR) is 44.4 cm³/mol. The highest BCUT2D eigenvalue weighted by Gasteiger charge is 2.13. The largest absolute Gasteiger partial charge is 0.371 e. The van der Waals surface area contributed by atoms with E-state index in [1.807, 2.05) is 0 Å². The fourth-order valence-electron chi connectivity index (χ4n) is 1.21. The molecule has 0 saturated carbocycles. The molecule has 0 aromatic carbocycles. The van der Waals surface area contributed by atoms with E-state index in [2.05, 4.69) is 15.3 Å². The quantitative estimate of drug-likeness (QED) is 0.493. The lowest BCUT2D eigenvalue weighted by Crippen LogP contribution is -2.11. The molecular formula is C6H7N3OS. The number of aromatic amines is 2. The molecule has 0 radical (unpaired) electrons. The smallest absolute Gasteiger partial charge is 0.257 e. The van der Waals surface area contributed by atoms with E-state index in [1.165, 1.54) is 0 Å². The average molecular weight is 169 g/mol. The van der Waals surface area contributed by atoms with Crippen molar-refractivity contribution in [2.24, 2.45) is 0 Å². The maximum absolute atomic E-state index is 11.1. The van der Waals surface area contributed by atoms with E-state index in [0.29, 0.717) is 4.77 Å². The van der Waals surface area contributed by atoms with Crippen molar-refractivity contribution in [1.82, 2.24) is 9.97 Å². The first-order chi connectivity index (χ1) is 5.27. The van der Waals surface area contributed by atoms with Crippen LogP contribution in [0.5, 0.6) is 0 Å². The van der Waals surface area contributed by atoms with Gasteiger partial charge in [-0.25, -0.2) is 0 Å². The van der Waals surface area contributed by atoms with Crippen LogP contribution >= 0.6 is 12.2 Å². The van der Waals surface area contributed by atoms with Gasteiger partial charge >= 0.3 is 0 Å². The van der Waals surface area contributed by atoms with Crippen molar-refractivity contribution in [1.29, 1.82) is 0 Å². The van der Waals surface area contributed by atoms with Crippen molar-refractivity contribution in [3.05, 3.63) is 20.7 Å². The van der Waals surface area contributed by atoms with Gasteiger partial charge in [0.25, 0.3) is 5.56 Å². The topological polar surface area (TPSA) is 60.7 Å². The highest BCUT2D eigenvalue weighted by atomic mass is 32.1. The van der Waals surface area contributed by atoms with E-state index in [4.69, 9.17) is 12.2 Å². The van der Waals surface area contributed by atoms with E-state index in [9.17, 15) is 4.79 Å². The molecule has 0 spiro atoms. The summed E-state index contributed by atoms with van der Waals surface area (Å²) < 4.78 is 0.378. The van der Waals surface area contributed by atoms with Crippen LogP contribution in [-0.4, -0.2) is 16.5 Å². The number of anilines is 1. The number of rotatable bonds is 0. The van der Waals surface area contributed by atoms with Gasteiger partial charge in [0.1, 0.15) is 5.82 Å². The van der Waals surface area contributed by atoms with Crippen LogP contribution in [0.25, 0.3) is 0 Å². The third-order valence-corrected chi connectivity index (χ3v) is 1.92. The Morgan fingerprint density at radius 2 is 2.18 bits per heavy atom. The zero-order valence-electron chi connectivity index (χ0n) is 5.73. The average Bonchev–Trinajstić information content (AvgIpc) is 2.34. The molecule has 0 saturated heterocycles. The maximum atomic E-state index is 11.1. The van der Waals surface area contributed by atoms with Gasteiger partial charge in [-0.15, -0.1) is 0 Å². The molecule has 0 aliphatic carbocycles. The molecule has 4 nitrogen and oxygen atoms in total. The SMILES string of the molecule is O=c1[nH]c(=S)[nH]c2c1CCN2. The van der Waals surface area contributed by atoms with Crippen LogP contribution in [0.2, 0.25) is 0 Å². The summed E-state index contributed by atoms with van der Waals surface area (Å²) in [4.78, 5) is 16.6. The molecular weight excluding hydrogens is 162 g/mol. The molecule has 1 aromatic rings. The Hall–Kier alpha value is -1.10. The molecule has 0 amide bonds. The summed E-state index contributed by atoms with van der Waals surface area (Å²) in [7, 11) is 0. The summed E-state index contributed by atoms with van der Waals surface area (Å²) in [6.45, 7) is 0.813. The van der Waals surface area contributed by atoms with Crippen LogP contribution in [0, 0.1) is 4.77 Å². The van der Waals surface area contributed by atoms with Crippen LogP contribution in [0.1, 0.15) is 5.56 Å². The molecule has 2 rings (SSSR count). The van der Waals surface area contributed by atoms with Gasteiger partial charge in [0.2, 0.25) is 0 Å². The second-order valence-corrected chi connectivity index (χ2v) is 2.85. The first-order valence-electron chi connectivity index (χ1n) is 3.37. The lowest BCUT2D eigenvalue weighted by Gasteiger charge is -1.96. The number of aromatic nitrogens is 2. The molecule has 58 valence electrons. The zero-order valence-corrected chi connectivity index (χ0v) is 6.55. The fourth-order valence-corrected chi connectivity index (χ4v) is 1.41. The number of H-pyrrole nitrogens is 2. The zero-order chi connectivity index (χ0) is 7.84. The summed E-state index contributed by atoms with van der Waals surface area (Å²) >= 11 is 4.79. The normalized spacial score (nSPS) is 14.2. The van der Waals surface area contributed by atoms with E-state index >= 15 is 0 Å². The van der Waals surface area contributed by atoms with Crippen molar-refractivity contribution < 1.29 is 0 Å². The lowest BCUT2D eigenvalue weighted by atomic mass is 10.3. The highest BCUT2D eigenvalue weighted by Crippen LogP contribution is 2.12. The Labute approximate surface area is 67.7 Å². The second kappa shape index (κ2) is 2.20. The van der Waals surface area contributed by atoms with Crippen LogP contribution < -0.4 is 10.9 Å². The fraction of sp³-hybridized carbons (Fsp3) is 0.333. The Kier molecular flexibility index (Phi) is 1.32. The summed E-state index contributed by atoms with van der Waals surface area (Å²) in [5.41, 5.74) is 0.701. The number of nitrogens with one attached hydrogen (secondary N) is 3. The molecule has 1 aliphatic heterocycles. The second-order valence-electron chi connectivity index (χ2n) is 2.44. The summed E-state index contributed by atoms with van der Waals surface area (Å²) in [5, 5.41) is 3.04. The van der Waals surface area contributed by atoms with Crippen molar-refractivity contribution >= 4 is 18.0 Å². The van der Waals surface area contributed by atoms with Gasteiger partial charge in [0.15, 0.2) is 4.77 Å². The summed E-state index contributed by atoms with van der Waals surface area (Å²) in [5.74, 6) is 0.777. The Bertz CT molecular complexity index is 392. The van der Waals surface area contributed by atoms with Crippen molar-refractivity contribution in [2.45, 2.75) is 6.42 Å². The molecule has 0 fully saturated rings. The molecule has 3 N–H and O–H groups in total. The van der Waals surface area contributed by atoms with Crippen LogP contribution in [0.15, 0.2) is 4.79 Å². The van der Waals surface area contributed by atoms with Crippen LogP contribution in [0.3, 0.4) is 0 Å². The highest BCUT2D eigenvalue weighted by molar-refractivity contribution is 7.71. The number of hydrogen-bond donors (Lipinski definition) is 3. The molecule has 11 heavy (non-hydrogen) atoms. The molecule has 0 bridgehead atoms. The minimum Gasteiger partial charge on any atom is -0.371 e. The Morgan fingerprint density at radius 1 is 1.36 bits per heavy atom. The first-order valence-corrected chi connectivity index (χ1v) is 3.77. The minimum atomic E-state index is -0.0752. The molecule has 0 atom stereocenters. The molecule has 2 heterocycles. The first kappa shape index (κ1) is 6.60. The van der Waals surface area contributed by atoms with Gasteiger partial charge in [-0.05, 0) is 18.6 Å². The number of hydrogen-bond acceptors (Lipinski definition) is 3. The van der Waals surface area contributed by atoms with Gasteiger partial charge in [-0.1, -0.05) is 0 Å². The van der Waals surface area contributed by atoms with Crippen molar-refractivity contribution in [3.8, 4) is 0 Å². The van der Waals surface area contributed by atoms with E-state index < -0.39 is 0 Å². The van der Waals surface area contributed by atoms with Crippen LogP contribution in [0.4, 0.5) is 5.82 Å². The third-order valence-electron chi connectivity index (χ3n) is 1.72. The Balaban J connectivity index is 2.80. The van der Waals surface area contributed by atoms with Gasteiger partial charge in [0.05, 0.1) is 5.56 Å². The van der Waals surface area contributed by atoms with E-state index in [0.717, 1.165) is 24.3 Å². The standard InChI is InChI=1S/C6H7N3OS/c10-5-3-1-2-7-4(3)8-6(11)9-5/h1-2H2,(H3,7,8,9,10,11). The Morgan fingerprint density at radius 3 is 3.00 bits per heavy atom. The number of fused-ring (bicyclic) bond motifs is 1. The predicted octanol–water partition coefficient (Wildman–Crippen LogP) is 0.400. The van der Waals surface area contributed by atoms with Crippen molar-refractivity contribution in [3.63, 3.8) is 0 Å². The monoisotopic (exact) mass is 169 g/mol. The van der Waals surface area contributed by atoms with Gasteiger partial charge in [-0.2, -0.15) is 0 Å². The van der Waals surface area contributed by atoms with Crippen molar-refractivity contribution in [2.75, 3.05) is 11.9 Å². The van der Waals surface area contributed by atoms with Gasteiger partial charge < -0.3 is 10.3 Å². The summed E-state index contributed by atoms with van der Waals surface area (Å²) in [6.07, 6.45) is 0.775. The minimum absolute atomic E-state index is 0.0752. The molecule has 1 aromatic heterocycles. The van der Waals surface area contributed by atoms with Gasteiger partial charge in [-0.3, -0.25) is 9.78 Å². The molecule has 1 aliphatic rings. The summed E-state index contributed by atoms with van der Waals surface area (Å²) in [6, 6.07) is 0. The lowest BCUT2D eigenvalue weighted by molar-refractivity contribution is 1.04. The van der Waals surface area contributed by atoms with Gasteiger partial charge in [0, 0.05) is 6.54 Å². The third kappa shape index (κ3) is 0.970. The molecule has 5 heteroatoms. The van der Waals surface area contributed by atoms with E-state index in [-0.39, 0.29) is 5.56 Å². The maximum Gasteiger partial charge on any atom is 0.257 e. The molecule has 0 unspecified atom stereocenters. The van der Waals surface area contributed by atoms with Crippen LogP contribution in [-0.2, 0) is 6.42 Å².